The van der Waals surface area contributed by atoms with Crippen LogP contribution in [0.15, 0.2) is 18.3 Å². The normalized spacial score (nSPS) is 20.6. The van der Waals surface area contributed by atoms with E-state index in [0.29, 0.717) is 5.88 Å². The molecule has 1 aliphatic rings. The predicted molar refractivity (Wildman–Crippen MR) is 79.2 cm³/mol. The zero-order chi connectivity index (χ0) is 13.9. The number of hydrogen-bond acceptors (Lipinski definition) is 4. The predicted octanol–water partition coefficient (Wildman–Crippen LogP) is 1.54. The highest BCUT2D eigenvalue weighted by Gasteiger charge is 2.21. The number of halogens is 1. The van der Waals surface area contributed by atoms with Crippen LogP contribution in [0.3, 0.4) is 0 Å². The fourth-order valence-electron chi connectivity index (χ4n) is 2.65. The standard InChI is InChI=1S/C14H19ClN4O/c1-18-7-8-20-11(9-18)10-19-13(4-5-15)17-12-3-2-6-16-14(12)19/h2-3,6,11H,4-5,7-10H2,1H3. The summed E-state index contributed by atoms with van der Waals surface area (Å²) < 4.78 is 8.01. The lowest BCUT2D eigenvalue weighted by Gasteiger charge is -2.30. The summed E-state index contributed by atoms with van der Waals surface area (Å²) in [5, 5.41) is 0. The Hall–Kier alpha value is -1.17. The van der Waals surface area contributed by atoms with E-state index in [-0.39, 0.29) is 6.10 Å². The van der Waals surface area contributed by atoms with Crippen LogP contribution in [0.2, 0.25) is 0 Å². The van der Waals surface area contributed by atoms with Gasteiger partial charge in [-0.3, -0.25) is 0 Å². The minimum atomic E-state index is 0.183. The fourth-order valence-corrected chi connectivity index (χ4v) is 2.82. The van der Waals surface area contributed by atoms with Gasteiger partial charge in [0.2, 0.25) is 0 Å². The first kappa shape index (κ1) is 13.8. The zero-order valence-electron chi connectivity index (χ0n) is 11.6. The molecule has 0 N–H and O–H groups in total. The van der Waals surface area contributed by atoms with Crippen LogP contribution < -0.4 is 0 Å². The third kappa shape index (κ3) is 2.80. The second-order valence-corrected chi connectivity index (χ2v) is 5.56. The highest BCUT2D eigenvalue weighted by atomic mass is 35.5. The molecule has 2 aromatic rings. The Morgan fingerprint density at radius 1 is 1.50 bits per heavy atom. The maximum absolute atomic E-state index is 5.89. The van der Waals surface area contributed by atoms with Crippen molar-refractivity contribution < 1.29 is 4.74 Å². The van der Waals surface area contributed by atoms with Crippen molar-refractivity contribution in [3.63, 3.8) is 0 Å². The number of likely N-dealkylation sites (N-methyl/N-ethyl adjacent to an activating group) is 1. The molecule has 5 nitrogen and oxygen atoms in total. The molecule has 0 aliphatic carbocycles. The van der Waals surface area contributed by atoms with E-state index < -0.39 is 0 Å². The van der Waals surface area contributed by atoms with Gasteiger partial charge in [0.05, 0.1) is 19.3 Å². The van der Waals surface area contributed by atoms with E-state index in [2.05, 4.69) is 26.5 Å². The van der Waals surface area contributed by atoms with Crippen molar-refractivity contribution in [2.45, 2.75) is 19.1 Å². The molecule has 0 saturated carbocycles. The van der Waals surface area contributed by atoms with E-state index in [1.165, 1.54) is 0 Å². The number of aromatic nitrogens is 3. The van der Waals surface area contributed by atoms with Crippen LogP contribution in [-0.4, -0.2) is 58.2 Å². The van der Waals surface area contributed by atoms with Crippen LogP contribution in [0.5, 0.6) is 0 Å². The first-order chi connectivity index (χ1) is 9.78. The number of hydrogen-bond donors (Lipinski definition) is 0. The number of alkyl halides is 1. The summed E-state index contributed by atoms with van der Waals surface area (Å²) in [6, 6.07) is 3.90. The summed E-state index contributed by atoms with van der Waals surface area (Å²) in [7, 11) is 2.12. The second-order valence-electron chi connectivity index (χ2n) is 5.18. The summed E-state index contributed by atoms with van der Waals surface area (Å²) in [6.07, 6.45) is 2.74. The molecule has 0 aromatic carbocycles. The average molecular weight is 295 g/mol. The maximum atomic E-state index is 5.89. The molecule has 0 radical (unpaired) electrons. The average Bonchev–Trinajstić information content (AvgIpc) is 2.78. The van der Waals surface area contributed by atoms with Crippen LogP contribution in [-0.2, 0) is 17.7 Å². The quantitative estimate of drug-likeness (QED) is 0.803. The molecule has 2 aromatic heterocycles. The lowest BCUT2D eigenvalue weighted by molar-refractivity contribution is -0.0273. The Kier molecular flexibility index (Phi) is 4.19. The van der Waals surface area contributed by atoms with E-state index in [4.69, 9.17) is 16.3 Å². The maximum Gasteiger partial charge on any atom is 0.160 e. The molecular weight excluding hydrogens is 276 g/mol. The van der Waals surface area contributed by atoms with E-state index in [0.717, 1.165) is 49.7 Å². The molecule has 108 valence electrons. The largest absolute Gasteiger partial charge is 0.374 e. The van der Waals surface area contributed by atoms with E-state index in [1.807, 2.05) is 12.1 Å². The summed E-state index contributed by atoms with van der Waals surface area (Å²) in [4.78, 5) is 11.4. The van der Waals surface area contributed by atoms with E-state index >= 15 is 0 Å². The number of rotatable bonds is 4. The zero-order valence-corrected chi connectivity index (χ0v) is 12.4. The van der Waals surface area contributed by atoms with Crippen LogP contribution in [0.25, 0.3) is 11.2 Å². The van der Waals surface area contributed by atoms with E-state index in [1.54, 1.807) is 6.20 Å². The minimum Gasteiger partial charge on any atom is -0.374 e. The van der Waals surface area contributed by atoms with Crippen LogP contribution in [0.4, 0.5) is 0 Å². The van der Waals surface area contributed by atoms with Gasteiger partial charge < -0.3 is 14.2 Å². The first-order valence-electron chi connectivity index (χ1n) is 6.94. The smallest absolute Gasteiger partial charge is 0.160 e. The lowest BCUT2D eigenvalue weighted by Crippen LogP contribution is -2.42. The number of imidazole rings is 1. The number of morpholine rings is 1. The summed E-state index contributed by atoms with van der Waals surface area (Å²) in [5.74, 6) is 1.56. The molecule has 6 heteroatoms. The summed E-state index contributed by atoms with van der Waals surface area (Å²) in [6.45, 7) is 3.50. The van der Waals surface area contributed by atoms with Gasteiger partial charge in [0.25, 0.3) is 0 Å². The Morgan fingerprint density at radius 2 is 2.40 bits per heavy atom. The molecule has 3 rings (SSSR count). The highest BCUT2D eigenvalue weighted by Crippen LogP contribution is 2.17. The van der Waals surface area contributed by atoms with Gasteiger partial charge >= 0.3 is 0 Å². The van der Waals surface area contributed by atoms with Crippen molar-refractivity contribution in [2.24, 2.45) is 0 Å². The van der Waals surface area contributed by atoms with Crippen molar-refractivity contribution in [1.82, 2.24) is 19.4 Å². The Labute approximate surface area is 123 Å². The monoisotopic (exact) mass is 294 g/mol. The third-order valence-corrected chi connectivity index (χ3v) is 3.82. The van der Waals surface area contributed by atoms with Crippen molar-refractivity contribution in [3.8, 4) is 0 Å². The van der Waals surface area contributed by atoms with Crippen LogP contribution >= 0.6 is 11.6 Å². The molecule has 1 saturated heterocycles. The molecule has 3 heterocycles. The van der Waals surface area contributed by atoms with Gasteiger partial charge in [-0.15, -0.1) is 11.6 Å². The first-order valence-corrected chi connectivity index (χ1v) is 7.47. The Balaban J connectivity index is 1.90. The Bertz CT molecular complexity index is 586. The van der Waals surface area contributed by atoms with Gasteiger partial charge in [-0.25, -0.2) is 9.97 Å². The number of ether oxygens (including phenoxy) is 1. The van der Waals surface area contributed by atoms with Crippen molar-refractivity contribution >= 4 is 22.8 Å². The van der Waals surface area contributed by atoms with Gasteiger partial charge in [-0.2, -0.15) is 0 Å². The van der Waals surface area contributed by atoms with Crippen LogP contribution in [0, 0.1) is 0 Å². The van der Waals surface area contributed by atoms with Gasteiger partial charge in [-0.05, 0) is 19.2 Å². The topological polar surface area (TPSA) is 43.2 Å². The fraction of sp³-hybridized carbons (Fsp3) is 0.571. The number of fused-ring (bicyclic) bond motifs is 1. The minimum absolute atomic E-state index is 0.183. The number of nitrogens with zero attached hydrogens (tertiary/aromatic N) is 4. The summed E-state index contributed by atoms with van der Waals surface area (Å²) >= 11 is 5.89. The van der Waals surface area contributed by atoms with Gasteiger partial charge in [0, 0.05) is 31.6 Å². The SMILES string of the molecule is CN1CCOC(Cn2c(CCCl)nc3cccnc32)C1. The van der Waals surface area contributed by atoms with Crippen LogP contribution in [0.1, 0.15) is 5.82 Å². The molecule has 0 amide bonds. The summed E-state index contributed by atoms with van der Waals surface area (Å²) in [5.41, 5.74) is 1.85. The molecule has 1 fully saturated rings. The van der Waals surface area contributed by atoms with Gasteiger partial charge in [0.15, 0.2) is 5.65 Å². The van der Waals surface area contributed by atoms with Gasteiger partial charge in [-0.1, -0.05) is 0 Å². The van der Waals surface area contributed by atoms with Gasteiger partial charge in [0.1, 0.15) is 11.3 Å². The molecule has 1 atom stereocenters. The highest BCUT2D eigenvalue weighted by molar-refractivity contribution is 6.17. The lowest BCUT2D eigenvalue weighted by atomic mass is 10.2. The van der Waals surface area contributed by atoms with Crippen molar-refractivity contribution in [1.29, 1.82) is 0 Å². The van der Waals surface area contributed by atoms with E-state index in [9.17, 15) is 0 Å². The Morgan fingerprint density at radius 3 is 3.20 bits per heavy atom. The van der Waals surface area contributed by atoms with Crippen molar-refractivity contribution in [2.75, 3.05) is 32.6 Å². The second kappa shape index (κ2) is 6.08. The van der Waals surface area contributed by atoms with Crippen molar-refractivity contribution in [3.05, 3.63) is 24.2 Å². The molecule has 20 heavy (non-hydrogen) atoms. The molecule has 1 aliphatic heterocycles. The molecular formula is C14H19ClN4O. The number of aryl methyl sites for hydroxylation is 1. The third-order valence-electron chi connectivity index (χ3n) is 3.63. The molecule has 0 spiro atoms. The molecule has 0 bridgehead atoms. The number of pyridine rings is 1. The molecule has 1 unspecified atom stereocenters.